The molecular formula is C20H38O7P+. The molecule has 0 atom stereocenters. The molecule has 0 aliphatic carbocycles. The molecule has 0 fully saturated rings. The van der Waals surface area contributed by atoms with Crippen molar-refractivity contribution >= 4 is 8.25 Å². The Balaban J connectivity index is 3.93. The molecule has 0 saturated carbocycles. The van der Waals surface area contributed by atoms with Crippen molar-refractivity contribution in [3.05, 3.63) is 23.3 Å². The molecule has 0 aliphatic rings. The molecule has 0 amide bonds. The van der Waals surface area contributed by atoms with E-state index in [9.17, 15) is 4.57 Å². The van der Waals surface area contributed by atoms with E-state index in [0.717, 1.165) is 25.7 Å². The molecular weight excluding hydrogens is 383 g/mol. The van der Waals surface area contributed by atoms with Crippen molar-refractivity contribution in [1.82, 2.24) is 0 Å². The molecule has 0 rings (SSSR count). The van der Waals surface area contributed by atoms with Crippen LogP contribution in [-0.2, 0) is 13.6 Å². The van der Waals surface area contributed by atoms with Crippen LogP contribution < -0.4 is 0 Å². The van der Waals surface area contributed by atoms with E-state index in [1.807, 2.05) is 12.2 Å². The highest BCUT2D eigenvalue weighted by Gasteiger charge is 2.19. The second kappa shape index (κ2) is 21.1. The molecule has 8 heteroatoms. The predicted molar refractivity (Wildman–Crippen MR) is 110 cm³/mol. The van der Waals surface area contributed by atoms with Crippen LogP contribution >= 0.6 is 8.25 Å². The Bertz CT molecular complexity index is 400. The monoisotopic (exact) mass is 421 g/mol. The molecule has 7 nitrogen and oxygen atoms in total. The summed E-state index contributed by atoms with van der Waals surface area (Å²) in [5, 5.41) is 35.7. The van der Waals surface area contributed by atoms with Gasteiger partial charge in [0.2, 0.25) is 0 Å². The maximum absolute atomic E-state index is 11.8. The van der Waals surface area contributed by atoms with Gasteiger partial charge >= 0.3 is 8.25 Å². The number of hydrogen-bond acceptors (Lipinski definition) is 7. The summed E-state index contributed by atoms with van der Waals surface area (Å²) in [6, 6.07) is 0. The first-order chi connectivity index (χ1) is 13.7. The van der Waals surface area contributed by atoms with E-state index in [1.54, 1.807) is 0 Å². The van der Waals surface area contributed by atoms with Gasteiger partial charge in [0.05, 0.1) is 0 Å². The van der Waals surface area contributed by atoms with Gasteiger partial charge in [-0.15, -0.1) is 9.05 Å². The molecule has 0 aliphatic heterocycles. The minimum atomic E-state index is -2.14. The molecule has 0 spiro atoms. The Labute approximate surface area is 170 Å². The largest absolute Gasteiger partial charge is 0.697 e. The zero-order valence-electron chi connectivity index (χ0n) is 16.9. The SMILES string of the molecule is O=[P+](OCCCC(=CCCO)CCCO)OCCCC(=CCCO)CCCO. The van der Waals surface area contributed by atoms with Gasteiger partial charge in [0, 0.05) is 31.0 Å². The van der Waals surface area contributed by atoms with Crippen molar-refractivity contribution < 1.29 is 34.0 Å². The number of hydrogen-bond donors (Lipinski definition) is 4. The summed E-state index contributed by atoms with van der Waals surface area (Å²) < 4.78 is 22.2. The van der Waals surface area contributed by atoms with Crippen LogP contribution in [0.25, 0.3) is 0 Å². The Kier molecular flexibility index (Phi) is 20.6. The van der Waals surface area contributed by atoms with Crippen LogP contribution in [0.3, 0.4) is 0 Å². The summed E-state index contributed by atoms with van der Waals surface area (Å²) in [7, 11) is -2.14. The van der Waals surface area contributed by atoms with Crippen LogP contribution in [0, 0.1) is 0 Å². The number of aliphatic hydroxyl groups excluding tert-OH is 4. The average Bonchev–Trinajstić information content (AvgIpc) is 2.71. The Morgan fingerprint density at radius 2 is 1.04 bits per heavy atom. The van der Waals surface area contributed by atoms with E-state index in [2.05, 4.69) is 0 Å². The number of allylic oxidation sites excluding steroid dienone is 2. The smallest absolute Gasteiger partial charge is 0.396 e. The second-order valence-corrected chi connectivity index (χ2v) is 7.46. The first-order valence-electron chi connectivity index (χ1n) is 10.2. The highest BCUT2D eigenvalue weighted by Crippen LogP contribution is 2.26. The van der Waals surface area contributed by atoms with Gasteiger partial charge in [0.15, 0.2) is 0 Å². The Morgan fingerprint density at radius 1 is 0.643 bits per heavy atom. The topological polar surface area (TPSA) is 116 Å². The molecule has 4 N–H and O–H groups in total. The third-order valence-corrected chi connectivity index (χ3v) is 4.90. The molecule has 0 heterocycles. The van der Waals surface area contributed by atoms with E-state index in [-0.39, 0.29) is 26.4 Å². The maximum Gasteiger partial charge on any atom is 0.697 e. The Morgan fingerprint density at radius 3 is 1.39 bits per heavy atom. The van der Waals surface area contributed by atoms with Crippen LogP contribution in [0.1, 0.15) is 64.2 Å². The molecule has 0 aromatic heterocycles. The van der Waals surface area contributed by atoms with Crippen LogP contribution in [0.15, 0.2) is 23.3 Å². The van der Waals surface area contributed by atoms with Crippen LogP contribution in [-0.4, -0.2) is 60.1 Å². The standard InChI is InChI=1S/C20H38O7P/c21-13-1-7-19(8-2-14-22)11-5-17-26-28(25)27-18-6-12-20(9-3-15-23)10-4-16-24/h7,9,21-24H,1-6,8,10-18H2/q+1. The van der Waals surface area contributed by atoms with E-state index >= 15 is 0 Å². The van der Waals surface area contributed by atoms with Gasteiger partial charge in [0.25, 0.3) is 0 Å². The van der Waals surface area contributed by atoms with E-state index in [1.165, 1.54) is 11.1 Å². The fourth-order valence-electron chi connectivity index (χ4n) is 2.72. The third kappa shape index (κ3) is 17.4. The zero-order chi connectivity index (χ0) is 20.9. The second-order valence-electron chi connectivity index (χ2n) is 6.50. The van der Waals surface area contributed by atoms with Crippen molar-refractivity contribution in [3.63, 3.8) is 0 Å². The van der Waals surface area contributed by atoms with E-state index in [0.29, 0.717) is 51.7 Å². The molecule has 28 heavy (non-hydrogen) atoms. The van der Waals surface area contributed by atoms with Gasteiger partial charge in [-0.3, -0.25) is 0 Å². The fourth-order valence-corrected chi connectivity index (χ4v) is 3.35. The Hall–Kier alpha value is -0.660. The molecule has 0 bridgehead atoms. The summed E-state index contributed by atoms with van der Waals surface area (Å²) in [6.45, 7) is 1.17. The molecule has 0 aromatic rings. The van der Waals surface area contributed by atoms with Gasteiger partial charge in [-0.25, -0.2) is 0 Å². The molecule has 164 valence electrons. The molecule has 0 saturated heterocycles. The van der Waals surface area contributed by atoms with Crippen molar-refractivity contribution in [3.8, 4) is 0 Å². The lowest BCUT2D eigenvalue weighted by Gasteiger charge is -2.06. The summed E-state index contributed by atoms with van der Waals surface area (Å²) in [6.07, 6.45) is 11.2. The van der Waals surface area contributed by atoms with Gasteiger partial charge in [-0.05, 0) is 64.2 Å². The van der Waals surface area contributed by atoms with Crippen molar-refractivity contribution in [1.29, 1.82) is 0 Å². The van der Waals surface area contributed by atoms with Gasteiger partial charge < -0.3 is 20.4 Å². The first kappa shape index (κ1) is 27.3. The maximum atomic E-state index is 11.8. The quantitative estimate of drug-likeness (QED) is 0.135. The van der Waals surface area contributed by atoms with Crippen LogP contribution in [0.2, 0.25) is 0 Å². The van der Waals surface area contributed by atoms with E-state index < -0.39 is 8.25 Å². The van der Waals surface area contributed by atoms with Crippen molar-refractivity contribution in [2.24, 2.45) is 0 Å². The minimum absolute atomic E-state index is 0.107. The zero-order valence-corrected chi connectivity index (χ0v) is 17.8. The lowest BCUT2D eigenvalue weighted by Crippen LogP contribution is -1.96. The summed E-state index contributed by atoms with van der Waals surface area (Å²) in [5.74, 6) is 0. The highest BCUT2D eigenvalue weighted by atomic mass is 31.1. The normalized spacial score (nSPS) is 13.2. The average molecular weight is 421 g/mol. The molecule has 0 radical (unpaired) electrons. The highest BCUT2D eigenvalue weighted by molar-refractivity contribution is 7.33. The van der Waals surface area contributed by atoms with Gasteiger partial charge in [0.1, 0.15) is 13.2 Å². The van der Waals surface area contributed by atoms with Crippen LogP contribution in [0.5, 0.6) is 0 Å². The van der Waals surface area contributed by atoms with Gasteiger partial charge in [-0.1, -0.05) is 23.3 Å². The molecule has 0 unspecified atom stereocenters. The van der Waals surface area contributed by atoms with Crippen LogP contribution in [0.4, 0.5) is 0 Å². The minimum Gasteiger partial charge on any atom is -0.396 e. The van der Waals surface area contributed by atoms with Crippen molar-refractivity contribution in [2.45, 2.75) is 64.2 Å². The van der Waals surface area contributed by atoms with Crippen molar-refractivity contribution in [2.75, 3.05) is 39.6 Å². The first-order valence-corrected chi connectivity index (χ1v) is 11.3. The number of rotatable bonds is 20. The summed E-state index contributed by atoms with van der Waals surface area (Å²) in [4.78, 5) is 0. The lowest BCUT2D eigenvalue weighted by molar-refractivity contribution is 0.221. The lowest BCUT2D eigenvalue weighted by atomic mass is 10.0. The van der Waals surface area contributed by atoms with E-state index in [4.69, 9.17) is 29.5 Å². The molecule has 0 aromatic carbocycles. The fraction of sp³-hybridized carbons (Fsp3) is 0.800. The summed E-state index contributed by atoms with van der Waals surface area (Å²) >= 11 is 0. The third-order valence-electron chi connectivity index (χ3n) is 4.11. The summed E-state index contributed by atoms with van der Waals surface area (Å²) in [5.41, 5.74) is 2.35. The number of aliphatic hydroxyl groups is 4. The predicted octanol–water partition coefficient (Wildman–Crippen LogP) is 3.40. The van der Waals surface area contributed by atoms with Gasteiger partial charge in [-0.2, -0.15) is 0 Å².